The van der Waals surface area contributed by atoms with E-state index in [1.165, 1.54) is 7.11 Å². The van der Waals surface area contributed by atoms with Gasteiger partial charge in [-0.3, -0.25) is 15.1 Å². The number of hydrogen-bond acceptors (Lipinski definition) is 6. The third-order valence-corrected chi connectivity index (χ3v) is 2.90. The van der Waals surface area contributed by atoms with E-state index in [4.69, 9.17) is 16.1 Å². The molecule has 0 bridgehead atoms. The average Bonchev–Trinajstić information content (AvgIpc) is 2.85. The van der Waals surface area contributed by atoms with E-state index in [1.807, 2.05) is 0 Å². The number of nitrogens with one attached hydrogen (secondary N) is 1. The molecule has 0 aliphatic carbocycles. The number of aromatic nitrogens is 2. The number of anilines is 1. The molecule has 0 unspecified atom stereocenters. The number of oxime groups is 1. The SMILES string of the molecule is CO/N=C/c1noc(NC(=O)c2cnccc2C(F)(F)F)c1Cl. The van der Waals surface area contributed by atoms with Gasteiger partial charge in [-0.2, -0.15) is 13.2 Å². The molecule has 23 heavy (non-hydrogen) atoms. The van der Waals surface area contributed by atoms with Gasteiger partial charge in [-0.15, -0.1) is 0 Å². The number of rotatable bonds is 4. The number of carbonyl (C=O) groups excluding carboxylic acids is 1. The molecule has 1 N–H and O–H groups in total. The molecule has 0 aliphatic rings. The fourth-order valence-electron chi connectivity index (χ4n) is 1.54. The quantitative estimate of drug-likeness (QED) is 0.677. The lowest BCUT2D eigenvalue weighted by Gasteiger charge is -2.11. The van der Waals surface area contributed by atoms with Gasteiger partial charge >= 0.3 is 6.18 Å². The highest BCUT2D eigenvalue weighted by molar-refractivity contribution is 6.35. The molecule has 2 heterocycles. The number of pyridine rings is 1. The molecule has 0 radical (unpaired) electrons. The van der Waals surface area contributed by atoms with E-state index in [9.17, 15) is 18.0 Å². The van der Waals surface area contributed by atoms with Gasteiger partial charge in [0.2, 0.25) is 0 Å². The van der Waals surface area contributed by atoms with Crippen molar-refractivity contribution in [2.24, 2.45) is 5.16 Å². The minimum atomic E-state index is -4.71. The van der Waals surface area contributed by atoms with Crippen LogP contribution in [0.2, 0.25) is 5.02 Å². The number of amides is 1. The van der Waals surface area contributed by atoms with Gasteiger partial charge in [0.05, 0.1) is 17.3 Å². The van der Waals surface area contributed by atoms with Gasteiger partial charge in [0.1, 0.15) is 17.8 Å². The van der Waals surface area contributed by atoms with E-state index >= 15 is 0 Å². The van der Waals surface area contributed by atoms with Crippen LogP contribution in [0.3, 0.4) is 0 Å². The molecular formula is C12H8ClF3N4O3. The molecule has 7 nitrogen and oxygen atoms in total. The first kappa shape index (κ1) is 16.7. The van der Waals surface area contributed by atoms with Crippen molar-refractivity contribution in [1.29, 1.82) is 0 Å². The minimum absolute atomic E-state index is 0.0334. The normalized spacial score (nSPS) is 11.7. The highest BCUT2D eigenvalue weighted by Crippen LogP contribution is 2.32. The Morgan fingerprint density at radius 2 is 2.26 bits per heavy atom. The van der Waals surface area contributed by atoms with E-state index in [-0.39, 0.29) is 16.6 Å². The highest BCUT2D eigenvalue weighted by atomic mass is 35.5. The molecule has 0 aromatic carbocycles. The molecule has 0 saturated carbocycles. The zero-order chi connectivity index (χ0) is 17.0. The third kappa shape index (κ3) is 3.77. The average molecular weight is 349 g/mol. The second-order valence-electron chi connectivity index (χ2n) is 4.00. The summed E-state index contributed by atoms with van der Waals surface area (Å²) in [6.07, 6.45) is -1.89. The zero-order valence-electron chi connectivity index (χ0n) is 11.4. The van der Waals surface area contributed by atoms with Crippen molar-refractivity contribution in [2.45, 2.75) is 6.18 Å². The Balaban J connectivity index is 2.27. The number of nitrogens with zero attached hydrogens (tertiary/aromatic N) is 3. The molecule has 2 aromatic rings. The largest absolute Gasteiger partial charge is 0.417 e. The Labute approximate surface area is 132 Å². The molecule has 122 valence electrons. The number of carbonyl (C=O) groups is 1. The van der Waals surface area contributed by atoms with Crippen LogP contribution >= 0.6 is 11.6 Å². The molecule has 0 saturated heterocycles. The van der Waals surface area contributed by atoms with E-state index in [1.54, 1.807) is 0 Å². The molecule has 1 amide bonds. The Kier molecular flexibility index (Phi) is 4.84. The molecular weight excluding hydrogens is 341 g/mol. The first-order chi connectivity index (χ1) is 10.8. The van der Waals surface area contributed by atoms with Crippen molar-refractivity contribution in [3.8, 4) is 0 Å². The number of halogens is 4. The van der Waals surface area contributed by atoms with Gasteiger partial charge in [0.25, 0.3) is 11.8 Å². The number of hydrogen-bond donors (Lipinski definition) is 1. The Morgan fingerprint density at radius 3 is 2.91 bits per heavy atom. The Hall–Kier alpha value is -2.62. The predicted octanol–water partition coefficient (Wildman–Crippen LogP) is 2.97. The fourth-order valence-corrected chi connectivity index (χ4v) is 1.71. The smallest absolute Gasteiger partial charge is 0.399 e. The Morgan fingerprint density at radius 1 is 1.52 bits per heavy atom. The summed E-state index contributed by atoms with van der Waals surface area (Å²) in [6.45, 7) is 0. The molecule has 0 atom stereocenters. The van der Waals surface area contributed by atoms with Crippen LogP contribution in [0.25, 0.3) is 0 Å². The van der Waals surface area contributed by atoms with Gasteiger partial charge in [-0.1, -0.05) is 21.9 Å². The van der Waals surface area contributed by atoms with Crippen molar-refractivity contribution >= 4 is 29.6 Å². The van der Waals surface area contributed by atoms with Crippen molar-refractivity contribution in [3.05, 3.63) is 40.3 Å². The summed E-state index contributed by atoms with van der Waals surface area (Å²) in [4.78, 5) is 19.9. The lowest BCUT2D eigenvalue weighted by Crippen LogP contribution is -2.19. The van der Waals surface area contributed by atoms with Gasteiger partial charge in [-0.05, 0) is 6.07 Å². The summed E-state index contributed by atoms with van der Waals surface area (Å²) in [6, 6.07) is 0.688. The van der Waals surface area contributed by atoms with Gasteiger partial charge in [0.15, 0.2) is 0 Å². The van der Waals surface area contributed by atoms with E-state index < -0.39 is 23.2 Å². The molecule has 0 spiro atoms. The number of alkyl halides is 3. The third-order valence-electron chi connectivity index (χ3n) is 2.54. The maximum atomic E-state index is 12.9. The first-order valence-electron chi connectivity index (χ1n) is 5.89. The van der Waals surface area contributed by atoms with E-state index in [0.717, 1.165) is 18.6 Å². The standard InChI is InChI=1S/C12H8ClF3N4O3/c1-22-18-5-8-9(13)11(23-20-8)19-10(21)6-4-17-3-2-7(6)12(14,15)16/h2-5H,1H3,(H,19,21)/b18-5+. The van der Waals surface area contributed by atoms with Crippen LogP contribution in [0.1, 0.15) is 21.6 Å². The van der Waals surface area contributed by atoms with Gasteiger partial charge in [0, 0.05) is 12.4 Å². The molecule has 0 aliphatic heterocycles. The second kappa shape index (κ2) is 6.65. The molecule has 11 heteroatoms. The van der Waals surface area contributed by atoms with Crippen LogP contribution in [0.15, 0.2) is 28.1 Å². The predicted molar refractivity (Wildman–Crippen MR) is 73.3 cm³/mol. The van der Waals surface area contributed by atoms with Crippen molar-refractivity contribution in [3.63, 3.8) is 0 Å². The van der Waals surface area contributed by atoms with Gasteiger partial charge in [-0.25, -0.2) is 0 Å². The maximum absolute atomic E-state index is 12.9. The van der Waals surface area contributed by atoms with Crippen LogP contribution in [-0.2, 0) is 11.0 Å². The van der Waals surface area contributed by atoms with Crippen LogP contribution in [-0.4, -0.2) is 29.4 Å². The summed E-state index contributed by atoms with van der Waals surface area (Å²) < 4.78 is 43.4. The van der Waals surface area contributed by atoms with Crippen molar-refractivity contribution in [1.82, 2.24) is 10.1 Å². The molecule has 2 rings (SSSR count). The summed E-state index contributed by atoms with van der Waals surface area (Å²) in [7, 11) is 1.29. The monoisotopic (exact) mass is 348 g/mol. The van der Waals surface area contributed by atoms with Crippen LogP contribution in [0, 0.1) is 0 Å². The zero-order valence-corrected chi connectivity index (χ0v) is 12.1. The van der Waals surface area contributed by atoms with E-state index in [0.29, 0.717) is 6.07 Å². The lowest BCUT2D eigenvalue weighted by molar-refractivity contribution is -0.138. The summed E-state index contributed by atoms with van der Waals surface area (Å²) in [5, 5.41) is 8.83. The van der Waals surface area contributed by atoms with E-state index in [2.05, 4.69) is 25.5 Å². The highest BCUT2D eigenvalue weighted by Gasteiger charge is 2.35. The topological polar surface area (TPSA) is 89.6 Å². The fraction of sp³-hybridized carbons (Fsp3) is 0.167. The second-order valence-corrected chi connectivity index (χ2v) is 4.38. The summed E-state index contributed by atoms with van der Waals surface area (Å²) >= 11 is 5.87. The van der Waals surface area contributed by atoms with Crippen LogP contribution in [0.5, 0.6) is 0 Å². The van der Waals surface area contributed by atoms with Crippen LogP contribution < -0.4 is 5.32 Å². The minimum Gasteiger partial charge on any atom is -0.399 e. The summed E-state index contributed by atoms with van der Waals surface area (Å²) in [5.41, 5.74) is -1.78. The van der Waals surface area contributed by atoms with Crippen LogP contribution in [0.4, 0.5) is 19.1 Å². The lowest BCUT2D eigenvalue weighted by atomic mass is 10.1. The molecule has 2 aromatic heterocycles. The van der Waals surface area contributed by atoms with Crippen molar-refractivity contribution < 1.29 is 27.3 Å². The van der Waals surface area contributed by atoms with Crippen molar-refractivity contribution in [2.75, 3.05) is 12.4 Å². The molecule has 0 fully saturated rings. The Bertz CT molecular complexity index is 745. The summed E-state index contributed by atoms with van der Waals surface area (Å²) in [5.74, 6) is -1.43. The van der Waals surface area contributed by atoms with Gasteiger partial charge < -0.3 is 9.36 Å². The maximum Gasteiger partial charge on any atom is 0.417 e. The first-order valence-corrected chi connectivity index (χ1v) is 6.26.